The van der Waals surface area contributed by atoms with Gasteiger partial charge in [-0.05, 0) is 45.0 Å². The van der Waals surface area contributed by atoms with Crippen LogP contribution in [0.5, 0.6) is 0 Å². The first-order valence-corrected chi connectivity index (χ1v) is 6.18. The van der Waals surface area contributed by atoms with Crippen LogP contribution in [0.4, 0.5) is 0 Å². The number of hydrogen-bond acceptors (Lipinski definition) is 4. The molecule has 0 bridgehead atoms. The van der Waals surface area contributed by atoms with Gasteiger partial charge < -0.3 is 9.52 Å². The number of hydrogen-bond donors (Lipinski definition) is 1. The Morgan fingerprint density at radius 1 is 1.47 bits per heavy atom. The summed E-state index contributed by atoms with van der Waals surface area (Å²) in [6, 6.07) is 5.85. The number of carbonyl (C=O) groups is 1. The average Bonchev–Trinajstić information content (AvgIpc) is 2.82. The van der Waals surface area contributed by atoms with Gasteiger partial charge in [0.25, 0.3) is 0 Å². The van der Waals surface area contributed by atoms with Crippen molar-refractivity contribution in [2.75, 3.05) is 13.6 Å². The first-order valence-electron chi connectivity index (χ1n) is 6.18. The van der Waals surface area contributed by atoms with E-state index < -0.39 is 11.5 Å². The molecule has 0 atom stereocenters. The third kappa shape index (κ3) is 2.76. The molecule has 0 saturated carbocycles. The predicted molar refractivity (Wildman–Crippen MR) is 72.1 cm³/mol. The molecule has 1 aromatic carbocycles. The first kappa shape index (κ1) is 13.5. The molecule has 1 heterocycles. The normalized spacial score (nSPS) is 12.2. The molecule has 0 spiro atoms. The highest BCUT2D eigenvalue weighted by molar-refractivity contribution is 5.77. The van der Waals surface area contributed by atoms with Crippen molar-refractivity contribution >= 4 is 17.1 Å². The summed E-state index contributed by atoms with van der Waals surface area (Å²) in [4.78, 5) is 17.0. The molecule has 0 radical (unpaired) electrons. The van der Waals surface area contributed by atoms with Crippen LogP contribution >= 0.6 is 0 Å². The fourth-order valence-corrected chi connectivity index (χ4v) is 1.79. The smallest absolute Gasteiger partial charge is 0.323 e. The van der Waals surface area contributed by atoms with Crippen LogP contribution in [0.3, 0.4) is 0 Å². The number of benzene rings is 1. The van der Waals surface area contributed by atoms with E-state index in [9.17, 15) is 4.79 Å². The average molecular weight is 262 g/mol. The molecule has 5 heteroatoms. The molecule has 19 heavy (non-hydrogen) atoms. The summed E-state index contributed by atoms with van der Waals surface area (Å²) in [6.45, 7) is 4.07. The van der Waals surface area contributed by atoms with Gasteiger partial charge in [-0.1, -0.05) is 6.07 Å². The van der Waals surface area contributed by atoms with Gasteiger partial charge in [0.2, 0.25) is 0 Å². The van der Waals surface area contributed by atoms with Crippen LogP contribution in [0.2, 0.25) is 0 Å². The van der Waals surface area contributed by atoms with E-state index in [0.717, 1.165) is 23.1 Å². The van der Waals surface area contributed by atoms with Crippen LogP contribution in [0.25, 0.3) is 11.1 Å². The lowest BCUT2D eigenvalue weighted by Gasteiger charge is -2.31. The molecule has 0 saturated heterocycles. The second-order valence-corrected chi connectivity index (χ2v) is 5.19. The van der Waals surface area contributed by atoms with Crippen molar-refractivity contribution in [1.82, 2.24) is 9.88 Å². The number of carboxylic acid groups (broad SMARTS) is 1. The van der Waals surface area contributed by atoms with Crippen LogP contribution in [0.15, 0.2) is 29.0 Å². The lowest BCUT2D eigenvalue weighted by molar-refractivity contribution is -0.148. The van der Waals surface area contributed by atoms with Crippen LogP contribution in [-0.2, 0) is 11.2 Å². The van der Waals surface area contributed by atoms with Crippen molar-refractivity contribution < 1.29 is 14.3 Å². The Hall–Kier alpha value is -1.88. The number of aromatic nitrogens is 1. The standard InChI is InChI=1S/C14H18N2O3/c1-14(2,13(17)18)16(3)7-6-10-4-5-11-12(8-10)19-9-15-11/h4-5,8-9H,6-7H2,1-3H3,(H,17,18). The van der Waals surface area contributed by atoms with E-state index in [1.165, 1.54) is 6.39 Å². The fourth-order valence-electron chi connectivity index (χ4n) is 1.79. The number of carboxylic acids is 1. The first-order chi connectivity index (χ1) is 8.91. The van der Waals surface area contributed by atoms with Crippen molar-refractivity contribution in [2.24, 2.45) is 0 Å². The van der Waals surface area contributed by atoms with Crippen molar-refractivity contribution in [1.29, 1.82) is 0 Å². The maximum atomic E-state index is 11.1. The van der Waals surface area contributed by atoms with E-state index in [1.807, 2.05) is 30.1 Å². The summed E-state index contributed by atoms with van der Waals surface area (Å²) < 4.78 is 5.25. The molecule has 0 unspecified atom stereocenters. The van der Waals surface area contributed by atoms with Gasteiger partial charge in [0.05, 0.1) is 0 Å². The molecule has 2 rings (SSSR count). The zero-order valence-corrected chi connectivity index (χ0v) is 11.4. The van der Waals surface area contributed by atoms with Crippen molar-refractivity contribution in [2.45, 2.75) is 25.8 Å². The predicted octanol–water partition coefficient (Wildman–Crippen LogP) is 2.17. The highest BCUT2D eigenvalue weighted by Crippen LogP contribution is 2.17. The van der Waals surface area contributed by atoms with Gasteiger partial charge in [0, 0.05) is 6.54 Å². The van der Waals surface area contributed by atoms with E-state index in [1.54, 1.807) is 13.8 Å². The summed E-state index contributed by atoms with van der Waals surface area (Å²) in [5.74, 6) is -0.819. The summed E-state index contributed by atoms with van der Waals surface area (Å²) in [5.41, 5.74) is 1.84. The molecule has 0 aliphatic heterocycles. The number of rotatable bonds is 5. The minimum Gasteiger partial charge on any atom is -0.480 e. The van der Waals surface area contributed by atoms with E-state index >= 15 is 0 Å². The minimum atomic E-state index is -0.865. The lowest BCUT2D eigenvalue weighted by Crippen LogP contribution is -2.48. The molecule has 5 nitrogen and oxygen atoms in total. The molecular weight excluding hydrogens is 244 g/mol. The monoisotopic (exact) mass is 262 g/mol. The number of nitrogens with zero attached hydrogens (tertiary/aromatic N) is 2. The maximum Gasteiger partial charge on any atom is 0.323 e. The fraction of sp³-hybridized carbons (Fsp3) is 0.429. The van der Waals surface area contributed by atoms with E-state index in [2.05, 4.69) is 4.98 Å². The third-order valence-corrected chi connectivity index (χ3v) is 3.61. The van der Waals surface area contributed by atoms with Gasteiger partial charge in [-0.2, -0.15) is 0 Å². The zero-order valence-electron chi connectivity index (χ0n) is 11.4. The third-order valence-electron chi connectivity index (χ3n) is 3.61. The number of fused-ring (bicyclic) bond motifs is 1. The highest BCUT2D eigenvalue weighted by atomic mass is 16.4. The maximum absolute atomic E-state index is 11.1. The number of aliphatic carboxylic acids is 1. The molecule has 0 aliphatic rings. The lowest BCUT2D eigenvalue weighted by atomic mass is 10.0. The largest absolute Gasteiger partial charge is 0.480 e. The van der Waals surface area contributed by atoms with Gasteiger partial charge in [0.1, 0.15) is 11.1 Å². The summed E-state index contributed by atoms with van der Waals surface area (Å²) in [7, 11) is 1.82. The van der Waals surface area contributed by atoms with Crippen LogP contribution in [0.1, 0.15) is 19.4 Å². The zero-order chi connectivity index (χ0) is 14.0. The Bertz CT molecular complexity index is 589. The van der Waals surface area contributed by atoms with E-state index in [4.69, 9.17) is 9.52 Å². The summed E-state index contributed by atoms with van der Waals surface area (Å²) in [6.07, 6.45) is 2.19. The van der Waals surface area contributed by atoms with Gasteiger partial charge in [0.15, 0.2) is 12.0 Å². The Labute approximate surface area is 111 Å². The summed E-state index contributed by atoms with van der Waals surface area (Å²) in [5, 5.41) is 9.16. The Balaban J connectivity index is 2.04. The molecule has 1 N–H and O–H groups in total. The highest BCUT2D eigenvalue weighted by Gasteiger charge is 2.31. The molecular formula is C14H18N2O3. The van der Waals surface area contributed by atoms with E-state index in [0.29, 0.717) is 6.54 Å². The number of likely N-dealkylation sites (N-methyl/N-ethyl adjacent to an activating group) is 1. The van der Waals surface area contributed by atoms with Crippen LogP contribution < -0.4 is 0 Å². The molecule has 0 aliphatic carbocycles. The van der Waals surface area contributed by atoms with Gasteiger partial charge in [-0.3, -0.25) is 9.69 Å². The Morgan fingerprint density at radius 2 is 2.21 bits per heavy atom. The van der Waals surface area contributed by atoms with Gasteiger partial charge >= 0.3 is 5.97 Å². The van der Waals surface area contributed by atoms with Crippen LogP contribution in [-0.4, -0.2) is 40.1 Å². The molecule has 1 aromatic heterocycles. The van der Waals surface area contributed by atoms with Gasteiger partial charge in [-0.25, -0.2) is 4.98 Å². The molecule has 0 fully saturated rings. The SMILES string of the molecule is CN(CCc1ccc2ncoc2c1)C(C)(C)C(=O)O. The van der Waals surface area contributed by atoms with Crippen molar-refractivity contribution in [3.05, 3.63) is 30.2 Å². The second kappa shape index (κ2) is 5.01. The van der Waals surface area contributed by atoms with Crippen molar-refractivity contribution in [3.63, 3.8) is 0 Å². The molecule has 0 amide bonds. The van der Waals surface area contributed by atoms with Crippen molar-refractivity contribution in [3.8, 4) is 0 Å². The Kier molecular flexibility index (Phi) is 3.57. The number of oxazole rings is 1. The minimum absolute atomic E-state index is 0.666. The topological polar surface area (TPSA) is 66.6 Å². The van der Waals surface area contributed by atoms with Gasteiger partial charge in [-0.15, -0.1) is 0 Å². The Morgan fingerprint density at radius 3 is 2.89 bits per heavy atom. The summed E-state index contributed by atoms with van der Waals surface area (Å²) >= 11 is 0. The van der Waals surface area contributed by atoms with Crippen LogP contribution in [0, 0.1) is 0 Å². The quantitative estimate of drug-likeness (QED) is 0.894. The molecule has 102 valence electrons. The second-order valence-electron chi connectivity index (χ2n) is 5.19. The molecule has 2 aromatic rings. The van der Waals surface area contributed by atoms with E-state index in [-0.39, 0.29) is 0 Å².